The lowest BCUT2D eigenvalue weighted by Crippen LogP contribution is -2.57. The van der Waals surface area contributed by atoms with E-state index in [2.05, 4.69) is 9.62 Å². The van der Waals surface area contributed by atoms with E-state index in [1.54, 1.807) is 31.4 Å². The van der Waals surface area contributed by atoms with E-state index in [1.165, 1.54) is 0 Å². The zero-order valence-electron chi connectivity index (χ0n) is 11.6. The van der Waals surface area contributed by atoms with E-state index in [4.69, 9.17) is 4.74 Å². The van der Waals surface area contributed by atoms with Crippen molar-refractivity contribution in [3.8, 4) is 5.75 Å². The van der Waals surface area contributed by atoms with Crippen molar-refractivity contribution < 1.29 is 13.2 Å². The minimum absolute atomic E-state index is 0.0459. The number of benzene rings is 1. The van der Waals surface area contributed by atoms with Crippen LogP contribution in [0.5, 0.6) is 5.75 Å². The Bertz CT molecular complexity index is 563. The predicted molar refractivity (Wildman–Crippen MR) is 76.3 cm³/mol. The highest BCUT2D eigenvalue weighted by Crippen LogP contribution is 2.28. The average molecular weight is 296 g/mol. The molecule has 1 atom stereocenters. The van der Waals surface area contributed by atoms with Gasteiger partial charge in [0.2, 0.25) is 10.0 Å². The van der Waals surface area contributed by atoms with Gasteiger partial charge in [-0.3, -0.25) is 0 Å². The maximum absolute atomic E-state index is 12.4. The number of methoxy groups -OCH3 is 1. The van der Waals surface area contributed by atoms with Crippen molar-refractivity contribution in [2.45, 2.75) is 23.8 Å². The molecule has 20 heavy (non-hydrogen) atoms. The van der Waals surface area contributed by atoms with E-state index in [0.717, 1.165) is 32.5 Å². The first-order valence-corrected chi connectivity index (χ1v) is 8.45. The molecule has 0 amide bonds. The topological polar surface area (TPSA) is 58.6 Å². The molecule has 1 unspecified atom stereocenters. The number of ether oxygens (including phenoxy) is 1. The van der Waals surface area contributed by atoms with Crippen LogP contribution in [0.15, 0.2) is 29.2 Å². The minimum Gasteiger partial charge on any atom is -0.497 e. The number of piperidine rings is 3. The van der Waals surface area contributed by atoms with Gasteiger partial charge in [0.15, 0.2) is 0 Å². The summed E-state index contributed by atoms with van der Waals surface area (Å²) in [6, 6.07) is 6.56. The van der Waals surface area contributed by atoms with Gasteiger partial charge in [0.1, 0.15) is 5.75 Å². The Balaban J connectivity index is 1.74. The molecular weight excluding hydrogens is 276 g/mol. The van der Waals surface area contributed by atoms with Crippen molar-refractivity contribution in [3.05, 3.63) is 24.3 Å². The lowest BCUT2D eigenvalue weighted by molar-refractivity contribution is 0.0827. The van der Waals surface area contributed by atoms with E-state index in [0.29, 0.717) is 16.6 Å². The smallest absolute Gasteiger partial charge is 0.240 e. The normalized spacial score (nSPS) is 29.4. The third-order valence-corrected chi connectivity index (χ3v) is 5.84. The maximum atomic E-state index is 12.4. The molecular formula is C14H20N2O3S. The zero-order chi connectivity index (χ0) is 14.2. The zero-order valence-corrected chi connectivity index (χ0v) is 12.4. The van der Waals surface area contributed by atoms with Gasteiger partial charge in [-0.2, -0.15) is 0 Å². The first-order valence-electron chi connectivity index (χ1n) is 6.97. The molecule has 0 saturated carbocycles. The molecule has 3 aliphatic rings. The number of fused-ring (bicyclic) bond motifs is 3. The van der Waals surface area contributed by atoms with Crippen LogP contribution in [0.1, 0.15) is 12.8 Å². The van der Waals surface area contributed by atoms with Crippen molar-refractivity contribution in [2.24, 2.45) is 5.92 Å². The fourth-order valence-corrected chi connectivity index (χ4v) is 4.42. The molecule has 0 radical (unpaired) electrons. The SMILES string of the molecule is COc1ccc(S(=O)(=O)NC2CN3CCC2CC3)cc1. The summed E-state index contributed by atoms with van der Waals surface area (Å²) in [7, 11) is -1.88. The lowest BCUT2D eigenvalue weighted by atomic mass is 9.85. The standard InChI is InChI=1S/C14H20N2O3S/c1-19-12-2-4-13(5-3-12)20(17,18)15-14-10-16-8-6-11(14)7-9-16/h2-5,11,14-15H,6-10H2,1H3. The number of nitrogens with zero attached hydrogens (tertiary/aromatic N) is 1. The van der Waals surface area contributed by atoms with Gasteiger partial charge in [0, 0.05) is 12.6 Å². The third-order valence-electron chi connectivity index (χ3n) is 4.33. The average Bonchev–Trinajstić information content (AvgIpc) is 2.48. The fraction of sp³-hybridized carbons (Fsp3) is 0.571. The first kappa shape index (κ1) is 13.9. The van der Waals surface area contributed by atoms with Gasteiger partial charge in [-0.05, 0) is 56.1 Å². The van der Waals surface area contributed by atoms with Crippen LogP contribution in [0.25, 0.3) is 0 Å². The molecule has 6 heteroatoms. The van der Waals surface area contributed by atoms with Gasteiger partial charge >= 0.3 is 0 Å². The van der Waals surface area contributed by atoms with E-state index < -0.39 is 10.0 Å². The second kappa shape index (κ2) is 5.35. The summed E-state index contributed by atoms with van der Waals surface area (Å²) in [5.41, 5.74) is 0. The van der Waals surface area contributed by atoms with Crippen molar-refractivity contribution in [3.63, 3.8) is 0 Å². The van der Waals surface area contributed by atoms with Crippen LogP contribution in [0.4, 0.5) is 0 Å². The molecule has 3 heterocycles. The summed E-state index contributed by atoms with van der Waals surface area (Å²) in [5.74, 6) is 1.14. The number of hydrogen-bond acceptors (Lipinski definition) is 4. The Morgan fingerprint density at radius 1 is 1.20 bits per heavy atom. The van der Waals surface area contributed by atoms with Crippen LogP contribution < -0.4 is 9.46 Å². The van der Waals surface area contributed by atoms with Crippen LogP contribution in [0, 0.1) is 5.92 Å². The van der Waals surface area contributed by atoms with Gasteiger partial charge in [0.05, 0.1) is 12.0 Å². The molecule has 2 bridgehead atoms. The van der Waals surface area contributed by atoms with E-state index in [-0.39, 0.29) is 6.04 Å². The Morgan fingerprint density at radius 2 is 1.85 bits per heavy atom. The molecule has 3 fully saturated rings. The number of sulfonamides is 1. The van der Waals surface area contributed by atoms with Gasteiger partial charge < -0.3 is 9.64 Å². The van der Waals surface area contributed by atoms with E-state index in [9.17, 15) is 8.42 Å². The molecule has 0 spiro atoms. The van der Waals surface area contributed by atoms with Crippen molar-refractivity contribution in [1.29, 1.82) is 0 Å². The van der Waals surface area contributed by atoms with Crippen LogP contribution in [0.3, 0.4) is 0 Å². The van der Waals surface area contributed by atoms with E-state index >= 15 is 0 Å². The molecule has 3 aliphatic heterocycles. The number of nitrogens with one attached hydrogen (secondary N) is 1. The number of hydrogen-bond donors (Lipinski definition) is 1. The summed E-state index contributed by atoms with van der Waals surface area (Å²) in [6.45, 7) is 3.04. The number of rotatable bonds is 4. The van der Waals surface area contributed by atoms with Crippen LogP contribution in [-0.4, -0.2) is 46.1 Å². The fourth-order valence-electron chi connectivity index (χ4n) is 3.12. The van der Waals surface area contributed by atoms with Crippen LogP contribution in [-0.2, 0) is 10.0 Å². The van der Waals surface area contributed by atoms with Gasteiger partial charge in [-0.15, -0.1) is 0 Å². The highest BCUT2D eigenvalue weighted by Gasteiger charge is 2.36. The Hall–Kier alpha value is -1.11. The molecule has 3 saturated heterocycles. The maximum Gasteiger partial charge on any atom is 0.240 e. The molecule has 0 aromatic heterocycles. The molecule has 5 nitrogen and oxygen atoms in total. The van der Waals surface area contributed by atoms with Crippen molar-refractivity contribution >= 4 is 10.0 Å². The highest BCUT2D eigenvalue weighted by molar-refractivity contribution is 7.89. The second-order valence-corrected chi connectivity index (χ2v) is 7.26. The highest BCUT2D eigenvalue weighted by atomic mass is 32.2. The second-order valence-electron chi connectivity index (χ2n) is 5.54. The molecule has 1 aromatic carbocycles. The van der Waals surface area contributed by atoms with Gasteiger partial charge in [-0.25, -0.2) is 13.1 Å². The Labute approximate surface area is 120 Å². The summed E-state index contributed by atoms with van der Waals surface area (Å²) in [5, 5.41) is 0. The Kier molecular flexibility index (Phi) is 3.70. The largest absolute Gasteiger partial charge is 0.497 e. The van der Waals surface area contributed by atoms with E-state index in [1.807, 2.05) is 0 Å². The van der Waals surface area contributed by atoms with Gasteiger partial charge in [-0.1, -0.05) is 0 Å². The molecule has 110 valence electrons. The molecule has 1 aromatic rings. The monoisotopic (exact) mass is 296 g/mol. The summed E-state index contributed by atoms with van der Waals surface area (Å²) in [4.78, 5) is 2.64. The van der Waals surface area contributed by atoms with Crippen LogP contribution in [0.2, 0.25) is 0 Å². The molecule has 0 aliphatic carbocycles. The van der Waals surface area contributed by atoms with Crippen molar-refractivity contribution in [1.82, 2.24) is 9.62 Å². The summed E-state index contributed by atoms with van der Waals surface area (Å²) >= 11 is 0. The third kappa shape index (κ3) is 2.68. The van der Waals surface area contributed by atoms with Crippen molar-refractivity contribution in [2.75, 3.05) is 26.7 Å². The predicted octanol–water partition coefficient (Wildman–Crippen LogP) is 1.07. The Morgan fingerprint density at radius 3 is 2.35 bits per heavy atom. The summed E-state index contributed by atoms with van der Waals surface area (Å²) in [6.07, 6.45) is 2.19. The summed E-state index contributed by atoms with van der Waals surface area (Å²) < 4.78 is 32.7. The minimum atomic E-state index is -3.44. The molecule has 1 N–H and O–H groups in total. The quantitative estimate of drug-likeness (QED) is 0.903. The first-order chi connectivity index (χ1) is 9.58. The van der Waals surface area contributed by atoms with Gasteiger partial charge in [0.25, 0.3) is 0 Å². The lowest BCUT2D eigenvalue weighted by Gasteiger charge is -2.44. The van der Waals surface area contributed by atoms with Crippen LogP contribution >= 0.6 is 0 Å². The molecule has 4 rings (SSSR count).